The highest BCUT2D eigenvalue weighted by Gasteiger charge is 2.11. The Morgan fingerprint density at radius 3 is 2.71 bits per heavy atom. The van der Waals surface area contributed by atoms with Crippen molar-refractivity contribution in [2.24, 2.45) is 0 Å². The SMILES string of the molecule is Cc1ccc(NC(=O)c2cc(COc3ccccc3)cs2)cc1F. The summed E-state index contributed by atoms with van der Waals surface area (Å²) in [6.07, 6.45) is 0. The van der Waals surface area contributed by atoms with Gasteiger partial charge >= 0.3 is 0 Å². The van der Waals surface area contributed by atoms with Gasteiger partial charge in [0.15, 0.2) is 0 Å². The van der Waals surface area contributed by atoms with E-state index in [1.807, 2.05) is 35.7 Å². The molecule has 0 bridgehead atoms. The van der Waals surface area contributed by atoms with Crippen molar-refractivity contribution in [1.29, 1.82) is 0 Å². The van der Waals surface area contributed by atoms with Crippen LogP contribution in [0.1, 0.15) is 20.8 Å². The number of halogens is 1. The van der Waals surface area contributed by atoms with Crippen molar-refractivity contribution in [3.63, 3.8) is 0 Å². The minimum absolute atomic E-state index is 0.255. The molecule has 0 fully saturated rings. The molecule has 1 N–H and O–H groups in total. The van der Waals surface area contributed by atoms with E-state index >= 15 is 0 Å². The zero-order valence-electron chi connectivity index (χ0n) is 13.1. The highest BCUT2D eigenvalue weighted by Crippen LogP contribution is 2.20. The number of amides is 1. The number of carbonyl (C=O) groups is 1. The van der Waals surface area contributed by atoms with Crippen LogP contribution in [0.25, 0.3) is 0 Å². The molecular formula is C19H16FNO2S. The molecule has 0 unspecified atom stereocenters. The topological polar surface area (TPSA) is 38.3 Å². The number of rotatable bonds is 5. The highest BCUT2D eigenvalue weighted by atomic mass is 32.1. The minimum atomic E-state index is -0.337. The maximum absolute atomic E-state index is 13.5. The summed E-state index contributed by atoms with van der Waals surface area (Å²) in [5.41, 5.74) is 1.91. The van der Waals surface area contributed by atoms with E-state index in [4.69, 9.17) is 4.74 Å². The molecule has 0 aliphatic heterocycles. The van der Waals surface area contributed by atoms with Crippen LogP contribution < -0.4 is 10.1 Å². The molecule has 1 heterocycles. The van der Waals surface area contributed by atoms with Crippen molar-refractivity contribution in [3.05, 3.63) is 81.8 Å². The zero-order valence-corrected chi connectivity index (χ0v) is 13.9. The summed E-state index contributed by atoms with van der Waals surface area (Å²) < 4.78 is 19.2. The van der Waals surface area contributed by atoms with Crippen LogP contribution in [0, 0.1) is 12.7 Å². The molecule has 24 heavy (non-hydrogen) atoms. The number of hydrogen-bond donors (Lipinski definition) is 1. The number of para-hydroxylation sites is 1. The minimum Gasteiger partial charge on any atom is -0.489 e. The van der Waals surface area contributed by atoms with Crippen molar-refractivity contribution in [3.8, 4) is 5.75 Å². The smallest absolute Gasteiger partial charge is 0.265 e. The van der Waals surface area contributed by atoms with E-state index in [1.54, 1.807) is 25.1 Å². The fraction of sp³-hybridized carbons (Fsp3) is 0.105. The number of thiophene rings is 1. The normalized spacial score (nSPS) is 10.4. The van der Waals surface area contributed by atoms with Crippen LogP contribution in [0.15, 0.2) is 60.0 Å². The van der Waals surface area contributed by atoms with Gasteiger partial charge in [-0.25, -0.2) is 4.39 Å². The number of ether oxygens (including phenoxy) is 1. The molecule has 1 aromatic heterocycles. The monoisotopic (exact) mass is 341 g/mol. The summed E-state index contributed by atoms with van der Waals surface area (Å²) in [4.78, 5) is 12.8. The first-order chi connectivity index (χ1) is 11.6. The third-order valence-electron chi connectivity index (χ3n) is 3.46. The van der Waals surface area contributed by atoms with E-state index in [1.165, 1.54) is 17.4 Å². The Morgan fingerprint density at radius 2 is 1.96 bits per heavy atom. The van der Waals surface area contributed by atoms with E-state index in [2.05, 4.69) is 5.32 Å². The van der Waals surface area contributed by atoms with Crippen LogP contribution in [-0.4, -0.2) is 5.91 Å². The van der Waals surface area contributed by atoms with Gasteiger partial charge in [0, 0.05) is 11.3 Å². The number of aryl methyl sites for hydroxylation is 1. The van der Waals surface area contributed by atoms with Crippen LogP contribution in [0.3, 0.4) is 0 Å². The third-order valence-corrected chi connectivity index (χ3v) is 4.43. The van der Waals surface area contributed by atoms with E-state index in [-0.39, 0.29) is 11.7 Å². The summed E-state index contributed by atoms with van der Waals surface area (Å²) in [7, 11) is 0. The van der Waals surface area contributed by atoms with Crippen molar-refractivity contribution < 1.29 is 13.9 Å². The Kier molecular flexibility index (Phi) is 4.91. The lowest BCUT2D eigenvalue weighted by molar-refractivity contribution is 0.103. The fourth-order valence-electron chi connectivity index (χ4n) is 2.12. The fourth-order valence-corrected chi connectivity index (χ4v) is 2.91. The molecule has 2 aromatic carbocycles. The Bertz CT molecular complexity index is 846. The average Bonchev–Trinajstić information content (AvgIpc) is 3.06. The molecule has 5 heteroatoms. The first-order valence-electron chi connectivity index (χ1n) is 7.44. The molecule has 0 saturated carbocycles. The molecule has 3 aromatic rings. The van der Waals surface area contributed by atoms with Gasteiger partial charge in [-0.15, -0.1) is 11.3 Å². The van der Waals surface area contributed by atoms with Crippen molar-refractivity contribution in [2.45, 2.75) is 13.5 Å². The Balaban J connectivity index is 1.62. The van der Waals surface area contributed by atoms with Gasteiger partial charge in [-0.2, -0.15) is 0 Å². The first-order valence-corrected chi connectivity index (χ1v) is 8.32. The highest BCUT2D eigenvalue weighted by molar-refractivity contribution is 7.12. The molecule has 0 saturated heterocycles. The van der Waals surface area contributed by atoms with Crippen LogP contribution in [0.5, 0.6) is 5.75 Å². The lowest BCUT2D eigenvalue weighted by atomic mass is 10.2. The summed E-state index contributed by atoms with van der Waals surface area (Å²) in [6.45, 7) is 2.08. The summed E-state index contributed by atoms with van der Waals surface area (Å²) in [5, 5.41) is 4.59. The van der Waals surface area contributed by atoms with Gasteiger partial charge in [-0.3, -0.25) is 4.79 Å². The quantitative estimate of drug-likeness (QED) is 0.707. The van der Waals surface area contributed by atoms with E-state index in [0.717, 1.165) is 11.3 Å². The molecular weight excluding hydrogens is 325 g/mol. The van der Waals surface area contributed by atoms with Crippen LogP contribution in [-0.2, 0) is 6.61 Å². The molecule has 1 amide bonds. The van der Waals surface area contributed by atoms with Gasteiger partial charge in [-0.1, -0.05) is 24.3 Å². The molecule has 3 rings (SSSR count). The number of anilines is 1. The number of benzene rings is 2. The van der Waals surface area contributed by atoms with Crippen molar-refractivity contribution in [2.75, 3.05) is 5.32 Å². The molecule has 0 radical (unpaired) electrons. The predicted molar refractivity (Wildman–Crippen MR) is 94.2 cm³/mol. The second-order valence-electron chi connectivity index (χ2n) is 5.34. The second-order valence-corrected chi connectivity index (χ2v) is 6.25. The van der Waals surface area contributed by atoms with Gasteiger partial charge < -0.3 is 10.1 Å². The first kappa shape index (κ1) is 16.2. The van der Waals surface area contributed by atoms with Gasteiger partial charge in [0.1, 0.15) is 18.2 Å². The zero-order chi connectivity index (χ0) is 16.9. The number of carbonyl (C=O) groups excluding carboxylic acids is 1. The molecule has 0 spiro atoms. The molecule has 122 valence electrons. The van der Waals surface area contributed by atoms with Gasteiger partial charge in [-0.05, 0) is 48.2 Å². The molecule has 0 aliphatic rings. The van der Waals surface area contributed by atoms with E-state index < -0.39 is 0 Å². The lowest BCUT2D eigenvalue weighted by Gasteiger charge is -2.05. The Morgan fingerprint density at radius 1 is 1.17 bits per heavy atom. The lowest BCUT2D eigenvalue weighted by Crippen LogP contribution is -2.10. The van der Waals surface area contributed by atoms with Crippen LogP contribution in [0.4, 0.5) is 10.1 Å². The van der Waals surface area contributed by atoms with E-state index in [0.29, 0.717) is 22.7 Å². The van der Waals surface area contributed by atoms with Gasteiger partial charge in [0.25, 0.3) is 5.91 Å². The largest absolute Gasteiger partial charge is 0.489 e. The average molecular weight is 341 g/mol. The molecule has 3 nitrogen and oxygen atoms in total. The van der Waals surface area contributed by atoms with E-state index in [9.17, 15) is 9.18 Å². The van der Waals surface area contributed by atoms with Crippen LogP contribution >= 0.6 is 11.3 Å². The molecule has 0 aliphatic carbocycles. The number of hydrogen-bond acceptors (Lipinski definition) is 3. The summed E-state index contributed by atoms with van der Waals surface area (Å²) in [5.74, 6) is 0.190. The third kappa shape index (κ3) is 4.00. The maximum atomic E-state index is 13.5. The van der Waals surface area contributed by atoms with Gasteiger partial charge in [0.05, 0.1) is 4.88 Å². The Hall–Kier alpha value is -2.66. The summed E-state index contributed by atoms with van der Waals surface area (Å²) in [6, 6.07) is 15.9. The molecule has 0 atom stereocenters. The predicted octanol–water partition coefficient (Wildman–Crippen LogP) is 5.03. The number of nitrogens with one attached hydrogen (secondary N) is 1. The standard InChI is InChI=1S/C19H16FNO2S/c1-13-7-8-15(10-17(13)20)21-19(22)18-9-14(12-24-18)11-23-16-5-3-2-4-6-16/h2-10,12H,11H2,1H3,(H,21,22). The van der Waals surface area contributed by atoms with Gasteiger partial charge in [0.2, 0.25) is 0 Å². The Labute approximate surface area is 143 Å². The summed E-state index contributed by atoms with van der Waals surface area (Å²) >= 11 is 1.33. The van der Waals surface area contributed by atoms with Crippen molar-refractivity contribution in [1.82, 2.24) is 0 Å². The maximum Gasteiger partial charge on any atom is 0.265 e. The van der Waals surface area contributed by atoms with Crippen molar-refractivity contribution >= 4 is 22.9 Å². The van der Waals surface area contributed by atoms with Crippen LogP contribution in [0.2, 0.25) is 0 Å². The second kappa shape index (κ2) is 7.27.